The number of benzene rings is 2. The number of aryl methyl sites for hydroxylation is 1. The van der Waals surface area contributed by atoms with Gasteiger partial charge in [-0.3, -0.25) is 9.59 Å². The second-order valence-electron chi connectivity index (χ2n) is 11.5. The third-order valence-corrected chi connectivity index (χ3v) is 9.40. The second-order valence-corrected chi connectivity index (χ2v) is 11.5. The van der Waals surface area contributed by atoms with Gasteiger partial charge in [-0.25, -0.2) is 0 Å². The minimum atomic E-state index is -1.46. The molecule has 7 nitrogen and oxygen atoms in total. The average molecular weight is 505 g/mol. The zero-order valence-electron chi connectivity index (χ0n) is 21.3. The molecule has 8 heteroatoms. The minimum Gasteiger partial charge on any atom is -0.504 e. The molecular formula is C29H36BNO6. The highest BCUT2D eigenvalue weighted by Gasteiger charge is 2.58. The van der Waals surface area contributed by atoms with Crippen LogP contribution >= 0.6 is 0 Å². The van der Waals surface area contributed by atoms with E-state index in [0.717, 1.165) is 38.5 Å². The lowest BCUT2D eigenvalue weighted by Gasteiger charge is -2.50. The molecular weight excluding hydrogens is 469 g/mol. The van der Waals surface area contributed by atoms with Crippen molar-refractivity contribution in [3.63, 3.8) is 0 Å². The van der Waals surface area contributed by atoms with Gasteiger partial charge in [0.15, 0.2) is 11.5 Å². The molecule has 0 unspecified atom stereocenters. The molecule has 196 valence electrons. The Morgan fingerprint density at radius 3 is 2.68 bits per heavy atom. The maximum absolute atomic E-state index is 13.2. The SMILES string of the molecule is C[C@]12CC[C@@H]3c4ccc(B(O)O)cc4CC[C@H]3[C@@H]1[C@@H](CCCC(=O)NCc1ccc(O)c(O)c1)CC2=O. The second kappa shape index (κ2) is 10.1. The van der Waals surface area contributed by atoms with Crippen molar-refractivity contribution in [1.82, 2.24) is 5.32 Å². The Labute approximate surface area is 218 Å². The topological polar surface area (TPSA) is 127 Å². The van der Waals surface area contributed by atoms with E-state index in [0.29, 0.717) is 47.4 Å². The van der Waals surface area contributed by atoms with Crippen LogP contribution in [0.25, 0.3) is 0 Å². The van der Waals surface area contributed by atoms with Crippen LogP contribution in [-0.2, 0) is 22.6 Å². The molecule has 0 aliphatic heterocycles. The summed E-state index contributed by atoms with van der Waals surface area (Å²) in [5, 5.41) is 41.1. The lowest BCUT2D eigenvalue weighted by Crippen LogP contribution is -2.44. The maximum atomic E-state index is 13.2. The quantitative estimate of drug-likeness (QED) is 0.291. The van der Waals surface area contributed by atoms with Gasteiger partial charge >= 0.3 is 7.12 Å². The van der Waals surface area contributed by atoms with Gasteiger partial charge in [0.05, 0.1) is 0 Å². The molecule has 37 heavy (non-hydrogen) atoms. The van der Waals surface area contributed by atoms with Gasteiger partial charge in [0.1, 0.15) is 5.78 Å². The number of Topliss-reactive ketones (excluding diaryl/α,β-unsaturated/α-hetero) is 1. The lowest BCUT2D eigenvalue weighted by molar-refractivity contribution is -0.129. The summed E-state index contributed by atoms with van der Waals surface area (Å²) in [4.78, 5) is 25.7. The average Bonchev–Trinajstić information content (AvgIpc) is 3.13. The summed E-state index contributed by atoms with van der Waals surface area (Å²) < 4.78 is 0. The number of phenols is 2. The molecule has 5 N–H and O–H groups in total. The number of nitrogens with one attached hydrogen (secondary N) is 1. The summed E-state index contributed by atoms with van der Waals surface area (Å²) >= 11 is 0. The highest BCUT2D eigenvalue weighted by molar-refractivity contribution is 6.58. The molecule has 2 fully saturated rings. The van der Waals surface area contributed by atoms with Crippen LogP contribution in [0.1, 0.15) is 74.5 Å². The molecule has 0 spiro atoms. The van der Waals surface area contributed by atoms with Crippen LogP contribution < -0.4 is 10.8 Å². The van der Waals surface area contributed by atoms with Crippen LogP contribution in [0, 0.1) is 23.2 Å². The van der Waals surface area contributed by atoms with Crippen LogP contribution in [0.5, 0.6) is 11.5 Å². The van der Waals surface area contributed by atoms with E-state index in [1.807, 2.05) is 12.1 Å². The summed E-state index contributed by atoms with van der Waals surface area (Å²) in [6.45, 7) is 2.45. The summed E-state index contributed by atoms with van der Waals surface area (Å²) in [5.41, 5.74) is 3.48. The van der Waals surface area contributed by atoms with Crippen molar-refractivity contribution in [3.8, 4) is 11.5 Å². The number of carbonyl (C=O) groups excluding carboxylic acids is 2. The van der Waals surface area contributed by atoms with Crippen molar-refractivity contribution in [2.75, 3.05) is 0 Å². The lowest BCUT2D eigenvalue weighted by atomic mass is 9.53. The van der Waals surface area contributed by atoms with Crippen molar-refractivity contribution >= 4 is 24.3 Å². The van der Waals surface area contributed by atoms with E-state index in [1.54, 1.807) is 6.07 Å². The molecule has 5 rings (SSSR count). The van der Waals surface area contributed by atoms with Gasteiger partial charge in [0.25, 0.3) is 0 Å². The van der Waals surface area contributed by atoms with Gasteiger partial charge in [0, 0.05) is 24.8 Å². The van der Waals surface area contributed by atoms with Crippen LogP contribution in [0.3, 0.4) is 0 Å². The normalized spacial score (nSPS) is 28.2. The first-order valence-electron chi connectivity index (χ1n) is 13.5. The monoisotopic (exact) mass is 505 g/mol. The summed E-state index contributed by atoms with van der Waals surface area (Å²) in [5.74, 6) is 1.35. The zero-order valence-corrected chi connectivity index (χ0v) is 21.3. The fourth-order valence-electron chi connectivity index (χ4n) is 7.58. The Balaban J connectivity index is 1.22. The largest absolute Gasteiger partial charge is 0.504 e. The number of aromatic hydroxyl groups is 2. The van der Waals surface area contributed by atoms with E-state index in [-0.39, 0.29) is 35.3 Å². The van der Waals surface area contributed by atoms with Crippen LogP contribution in [0.15, 0.2) is 36.4 Å². The van der Waals surface area contributed by atoms with Gasteiger partial charge < -0.3 is 25.6 Å². The number of hydrogen-bond donors (Lipinski definition) is 5. The van der Waals surface area contributed by atoms with E-state index in [2.05, 4.69) is 18.3 Å². The Kier molecular flexibility index (Phi) is 7.07. The first-order valence-corrected chi connectivity index (χ1v) is 13.5. The van der Waals surface area contributed by atoms with Gasteiger partial charge in [-0.2, -0.15) is 0 Å². The van der Waals surface area contributed by atoms with Gasteiger partial charge in [-0.1, -0.05) is 31.2 Å². The number of hydrogen-bond acceptors (Lipinski definition) is 6. The molecule has 0 radical (unpaired) electrons. The molecule has 0 saturated heterocycles. The molecule has 0 bridgehead atoms. The Bertz CT molecular complexity index is 1200. The minimum absolute atomic E-state index is 0.0605. The molecule has 3 aliphatic carbocycles. The van der Waals surface area contributed by atoms with Crippen molar-refractivity contribution in [2.24, 2.45) is 23.2 Å². The fraction of sp³-hybridized carbons (Fsp3) is 0.517. The highest BCUT2D eigenvalue weighted by atomic mass is 16.4. The van der Waals surface area contributed by atoms with Crippen molar-refractivity contribution in [2.45, 2.75) is 70.8 Å². The van der Waals surface area contributed by atoms with Gasteiger partial charge in [0.2, 0.25) is 5.91 Å². The van der Waals surface area contributed by atoms with E-state index < -0.39 is 7.12 Å². The van der Waals surface area contributed by atoms with Crippen molar-refractivity contribution in [3.05, 3.63) is 53.1 Å². The Morgan fingerprint density at radius 2 is 1.92 bits per heavy atom. The first-order chi connectivity index (χ1) is 17.7. The van der Waals surface area contributed by atoms with Crippen molar-refractivity contribution < 1.29 is 29.9 Å². The Hall–Kier alpha value is -2.84. The first kappa shape index (κ1) is 25.8. The van der Waals surface area contributed by atoms with E-state index >= 15 is 0 Å². The molecule has 3 aliphatic rings. The molecule has 5 atom stereocenters. The van der Waals surface area contributed by atoms with E-state index in [4.69, 9.17) is 0 Å². The van der Waals surface area contributed by atoms with E-state index in [9.17, 15) is 29.9 Å². The predicted octanol–water partition coefficient (Wildman–Crippen LogP) is 2.92. The Morgan fingerprint density at radius 1 is 1.11 bits per heavy atom. The summed E-state index contributed by atoms with van der Waals surface area (Å²) in [6.07, 6.45) is 6.33. The molecule has 1 amide bonds. The summed E-state index contributed by atoms with van der Waals surface area (Å²) in [6, 6.07) is 10.3. The van der Waals surface area contributed by atoms with E-state index in [1.165, 1.54) is 23.3 Å². The third kappa shape index (κ3) is 4.89. The number of ketones is 1. The van der Waals surface area contributed by atoms with Crippen molar-refractivity contribution in [1.29, 1.82) is 0 Å². The van der Waals surface area contributed by atoms with Gasteiger partial charge in [-0.05, 0) is 96.5 Å². The summed E-state index contributed by atoms with van der Waals surface area (Å²) in [7, 11) is -1.46. The zero-order chi connectivity index (χ0) is 26.3. The van der Waals surface area contributed by atoms with Gasteiger partial charge in [-0.15, -0.1) is 0 Å². The molecule has 0 aromatic heterocycles. The third-order valence-electron chi connectivity index (χ3n) is 9.40. The predicted molar refractivity (Wildman–Crippen MR) is 140 cm³/mol. The number of carbonyl (C=O) groups is 2. The molecule has 0 heterocycles. The maximum Gasteiger partial charge on any atom is 0.488 e. The number of fused-ring (bicyclic) bond motifs is 5. The van der Waals surface area contributed by atoms with Crippen LogP contribution in [-0.4, -0.2) is 39.1 Å². The smallest absolute Gasteiger partial charge is 0.488 e. The van der Waals surface area contributed by atoms with Crippen LogP contribution in [0.4, 0.5) is 0 Å². The number of rotatable bonds is 7. The molecule has 2 aromatic rings. The number of amides is 1. The molecule has 2 aromatic carbocycles. The highest BCUT2D eigenvalue weighted by Crippen LogP contribution is 2.62. The molecule has 2 saturated carbocycles. The standard InChI is InChI=1S/C29H36BNO6/c1-29-12-11-22-21-9-7-20(30(36)37)14-18(21)6-8-23(22)28(29)19(15-26(29)34)3-2-4-27(35)31-16-17-5-10-24(32)25(33)13-17/h5,7,9-10,13-14,19,22-23,28,32-33,36-37H,2-4,6,8,11-12,15-16H2,1H3,(H,31,35)/t19-,22+,23+,28-,29+/m0/s1. The fourth-order valence-corrected chi connectivity index (χ4v) is 7.58. The van der Waals surface area contributed by atoms with Crippen LogP contribution in [0.2, 0.25) is 0 Å². The number of phenolic OH excluding ortho intramolecular Hbond substituents is 2.